The van der Waals surface area contributed by atoms with E-state index < -0.39 is 8.07 Å². The molecule has 0 fully saturated rings. The van der Waals surface area contributed by atoms with Gasteiger partial charge in [0.25, 0.3) is 0 Å². The van der Waals surface area contributed by atoms with Crippen molar-refractivity contribution >= 4 is 36.1 Å². The summed E-state index contributed by atoms with van der Waals surface area (Å²) in [5, 5.41) is 2.68. The highest BCUT2D eigenvalue weighted by molar-refractivity contribution is 6.88. The Labute approximate surface area is 182 Å². The average molecular weight is 428 g/mol. The lowest BCUT2D eigenvalue weighted by Gasteiger charge is -2.29. The summed E-state index contributed by atoms with van der Waals surface area (Å²) in [5.41, 5.74) is 3.83. The second kappa shape index (κ2) is 8.96. The Bertz CT molecular complexity index is 953. The molecule has 0 saturated carbocycles. The van der Waals surface area contributed by atoms with Gasteiger partial charge in [-0.25, -0.2) is 9.98 Å². The fourth-order valence-electron chi connectivity index (χ4n) is 4.09. The normalized spacial score (nSPS) is 19.8. The molecule has 0 spiro atoms. The van der Waals surface area contributed by atoms with E-state index in [2.05, 4.69) is 63.6 Å². The van der Waals surface area contributed by atoms with Gasteiger partial charge in [-0.3, -0.25) is 0 Å². The quantitative estimate of drug-likeness (QED) is 0.671. The molecule has 0 amide bonds. The van der Waals surface area contributed by atoms with Crippen LogP contribution >= 0.6 is 0 Å². The lowest BCUT2D eigenvalue weighted by molar-refractivity contribution is 0.276. The minimum atomic E-state index is -1.58. The third-order valence-corrected chi connectivity index (χ3v) is 7.44. The van der Waals surface area contributed by atoms with E-state index in [-0.39, 0.29) is 12.1 Å². The predicted molar refractivity (Wildman–Crippen MR) is 130 cm³/mol. The summed E-state index contributed by atoms with van der Waals surface area (Å²) < 4.78 is 11.9. The van der Waals surface area contributed by atoms with E-state index in [1.54, 1.807) is 0 Å². The number of aliphatic imine (C=N–C) groups is 2. The van der Waals surface area contributed by atoms with Crippen LogP contribution in [0.5, 0.6) is 0 Å². The highest BCUT2D eigenvalue weighted by atomic mass is 28.3. The highest BCUT2D eigenvalue weighted by Crippen LogP contribution is 2.26. The van der Waals surface area contributed by atoms with Crippen LogP contribution in [0.15, 0.2) is 28.2 Å². The zero-order chi connectivity index (χ0) is 22.1. The number of nitrogens with one attached hydrogen (secondary N) is 1. The first-order chi connectivity index (χ1) is 14.2. The summed E-state index contributed by atoms with van der Waals surface area (Å²) in [6.45, 7) is 18.8. The van der Waals surface area contributed by atoms with Crippen LogP contribution in [0.25, 0.3) is 10.9 Å². The summed E-state index contributed by atoms with van der Waals surface area (Å²) in [6, 6.07) is 6.42. The maximum atomic E-state index is 6.00. The summed E-state index contributed by atoms with van der Waals surface area (Å²) in [7, 11) is -1.58. The molecule has 5 nitrogen and oxygen atoms in total. The first-order valence-electron chi connectivity index (χ1n) is 11.2. The first kappa shape index (κ1) is 22.6. The first-order valence-corrected chi connectivity index (χ1v) is 14.7. The van der Waals surface area contributed by atoms with Crippen molar-refractivity contribution in [3.8, 4) is 0 Å². The van der Waals surface area contributed by atoms with Crippen LogP contribution in [0.4, 0.5) is 0 Å². The van der Waals surface area contributed by atoms with Crippen LogP contribution in [0.1, 0.15) is 38.8 Å². The fourth-order valence-corrected chi connectivity index (χ4v) is 5.74. The lowest BCUT2D eigenvalue weighted by Crippen LogP contribution is -2.43. The zero-order valence-electron chi connectivity index (χ0n) is 19.8. The van der Waals surface area contributed by atoms with Gasteiger partial charge in [0.15, 0.2) is 0 Å². The van der Waals surface area contributed by atoms with E-state index in [9.17, 15) is 0 Å². The van der Waals surface area contributed by atoms with Gasteiger partial charge in [-0.1, -0.05) is 45.1 Å². The van der Waals surface area contributed by atoms with Crippen LogP contribution in [0, 0.1) is 12.8 Å². The Morgan fingerprint density at radius 1 is 1.03 bits per heavy atom. The van der Waals surface area contributed by atoms with Crippen molar-refractivity contribution in [1.29, 1.82) is 0 Å². The topological polar surface area (TPSA) is 59.0 Å². The van der Waals surface area contributed by atoms with Gasteiger partial charge >= 0.3 is 0 Å². The molecule has 0 saturated heterocycles. The van der Waals surface area contributed by atoms with Gasteiger partial charge in [0, 0.05) is 22.6 Å². The van der Waals surface area contributed by atoms with Gasteiger partial charge in [0.05, 0.1) is 21.3 Å². The Morgan fingerprint density at radius 2 is 1.70 bits per heavy atom. The number of benzene rings is 1. The van der Waals surface area contributed by atoms with E-state index in [4.69, 9.17) is 19.5 Å². The molecule has 3 rings (SSSR count). The maximum Gasteiger partial charge on any atom is 0.210 e. The molecule has 0 aliphatic carbocycles. The molecule has 0 bridgehead atoms. The predicted octanol–water partition coefficient (Wildman–Crippen LogP) is 4.84. The lowest BCUT2D eigenvalue weighted by atomic mass is 9.99. The number of rotatable bonds is 6. The van der Waals surface area contributed by atoms with Gasteiger partial charge < -0.3 is 14.5 Å². The number of ether oxygens (including phenoxy) is 2. The molecule has 6 heteroatoms. The van der Waals surface area contributed by atoms with E-state index in [0.29, 0.717) is 19.1 Å². The zero-order valence-corrected chi connectivity index (χ0v) is 20.8. The number of hydrogen-bond donors (Lipinski definition) is 1. The Kier molecular flexibility index (Phi) is 6.75. The van der Waals surface area contributed by atoms with Crippen molar-refractivity contribution in [3.05, 3.63) is 29.3 Å². The Hall–Kier alpha value is -2.08. The van der Waals surface area contributed by atoms with Crippen LogP contribution in [0.2, 0.25) is 19.6 Å². The number of aromatic nitrogens is 1. The molecule has 1 aliphatic heterocycles. The molecule has 30 heavy (non-hydrogen) atoms. The summed E-state index contributed by atoms with van der Waals surface area (Å²) in [5.74, 6) is 1.79. The monoisotopic (exact) mass is 427 g/mol. The minimum absolute atomic E-state index is 0.0792. The van der Waals surface area contributed by atoms with Crippen molar-refractivity contribution in [3.63, 3.8) is 0 Å². The van der Waals surface area contributed by atoms with Crippen molar-refractivity contribution < 1.29 is 9.47 Å². The van der Waals surface area contributed by atoms with Crippen LogP contribution in [0.3, 0.4) is 0 Å². The molecular weight excluding hydrogens is 390 g/mol. The van der Waals surface area contributed by atoms with Gasteiger partial charge in [-0.15, -0.1) is 0 Å². The molecule has 1 N–H and O–H groups in total. The second-order valence-electron chi connectivity index (χ2n) is 9.49. The van der Waals surface area contributed by atoms with E-state index >= 15 is 0 Å². The summed E-state index contributed by atoms with van der Waals surface area (Å²) >= 11 is 0. The summed E-state index contributed by atoms with van der Waals surface area (Å²) in [6.07, 6.45) is 0.767. The number of fused-ring (bicyclic) bond motifs is 1. The fraction of sp³-hybridized carbons (Fsp3) is 0.583. The molecule has 1 aromatic carbocycles. The van der Waals surface area contributed by atoms with Crippen molar-refractivity contribution in [2.45, 2.75) is 72.8 Å². The van der Waals surface area contributed by atoms with E-state index in [1.807, 2.05) is 13.8 Å². The summed E-state index contributed by atoms with van der Waals surface area (Å²) in [4.78, 5) is 13.7. The van der Waals surface area contributed by atoms with Crippen molar-refractivity contribution in [1.82, 2.24) is 4.98 Å². The molecule has 0 unspecified atom stereocenters. The van der Waals surface area contributed by atoms with Gasteiger partial charge in [0.1, 0.15) is 12.1 Å². The third-order valence-electron chi connectivity index (χ3n) is 5.51. The average Bonchev–Trinajstić information content (AvgIpc) is 3.02. The van der Waals surface area contributed by atoms with Crippen LogP contribution in [-0.4, -0.2) is 50.2 Å². The molecule has 1 aliphatic rings. The molecule has 1 aromatic heterocycles. The number of hydrogen-bond acceptors (Lipinski definition) is 4. The highest BCUT2D eigenvalue weighted by Gasteiger charge is 2.34. The van der Waals surface area contributed by atoms with Gasteiger partial charge in [-0.2, -0.15) is 0 Å². The standard InChI is InChI=1S/C24H37N3O2Si/c1-9-28-22-20(25-23(29-10-2)21(27-22)15(3)4)14-18-17-13-16(5)11-12-19(17)26-24(18)30(6,7)8/h11-13,15,20-21,26H,9-10,14H2,1-8H3/t20-,21+/m0/s1. The number of H-pyrrole nitrogens is 1. The second-order valence-corrected chi connectivity index (χ2v) is 14.5. The maximum absolute atomic E-state index is 6.00. The number of nitrogens with zero attached hydrogens (tertiary/aromatic N) is 2. The Balaban J connectivity index is 2.09. The van der Waals surface area contributed by atoms with E-state index in [1.165, 1.54) is 27.3 Å². The molecule has 164 valence electrons. The molecule has 0 radical (unpaired) electrons. The molecule has 2 heterocycles. The molecule has 2 atom stereocenters. The molecular formula is C24H37N3O2Si. The smallest absolute Gasteiger partial charge is 0.210 e. The van der Waals surface area contributed by atoms with Gasteiger partial charge in [-0.05, 0) is 44.4 Å². The van der Waals surface area contributed by atoms with E-state index in [0.717, 1.165) is 18.2 Å². The largest absolute Gasteiger partial charge is 0.480 e. The number of aromatic amines is 1. The van der Waals surface area contributed by atoms with Gasteiger partial charge in [0.2, 0.25) is 11.8 Å². The van der Waals surface area contributed by atoms with Crippen molar-refractivity contribution in [2.75, 3.05) is 13.2 Å². The SMILES string of the molecule is CCOC1=N[C@H](C(C)C)C(OCC)=N[C@H]1Cc1c([Si](C)(C)C)[nH]c2ccc(C)cc12. The minimum Gasteiger partial charge on any atom is -0.480 e. The van der Waals surface area contributed by atoms with Crippen LogP contribution < -0.4 is 5.32 Å². The third kappa shape index (κ3) is 4.64. The molecule has 2 aromatic rings. The van der Waals surface area contributed by atoms with Crippen LogP contribution in [-0.2, 0) is 15.9 Å². The Morgan fingerprint density at radius 3 is 2.30 bits per heavy atom. The van der Waals surface area contributed by atoms with Crippen molar-refractivity contribution in [2.24, 2.45) is 15.9 Å². The number of aryl methyl sites for hydroxylation is 1.